The fraction of sp³-hybridized carbons (Fsp3) is 0.375. The summed E-state index contributed by atoms with van der Waals surface area (Å²) < 4.78 is 0. The third-order valence-corrected chi connectivity index (χ3v) is 4.32. The van der Waals surface area contributed by atoms with Crippen molar-refractivity contribution in [1.82, 2.24) is 5.32 Å². The predicted molar refractivity (Wildman–Crippen MR) is 120 cm³/mol. The second kappa shape index (κ2) is 11.1. The van der Waals surface area contributed by atoms with Crippen LogP contribution in [0, 0.1) is 11.8 Å². The van der Waals surface area contributed by atoms with Gasteiger partial charge in [-0.1, -0.05) is 58.0 Å². The van der Waals surface area contributed by atoms with Crippen molar-refractivity contribution in [3.05, 3.63) is 60.2 Å². The topological polar surface area (TPSA) is 87.3 Å². The Labute approximate surface area is 178 Å². The molecule has 2 aromatic carbocycles. The van der Waals surface area contributed by atoms with Crippen LogP contribution in [0.1, 0.15) is 52.1 Å². The Bertz CT molecular complexity index is 846. The van der Waals surface area contributed by atoms with E-state index < -0.39 is 6.04 Å². The molecule has 0 fully saturated rings. The molecule has 160 valence electrons. The van der Waals surface area contributed by atoms with Gasteiger partial charge >= 0.3 is 0 Å². The van der Waals surface area contributed by atoms with E-state index in [1.165, 1.54) is 0 Å². The van der Waals surface area contributed by atoms with Crippen LogP contribution in [0.5, 0.6) is 0 Å². The maximum atomic E-state index is 12.9. The lowest BCUT2D eigenvalue weighted by atomic mass is 10.0. The van der Waals surface area contributed by atoms with E-state index in [0.717, 1.165) is 0 Å². The first-order chi connectivity index (χ1) is 14.2. The second-order valence-corrected chi connectivity index (χ2v) is 8.22. The van der Waals surface area contributed by atoms with E-state index in [9.17, 15) is 14.4 Å². The molecule has 0 aliphatic heterocycles. The summed E-state index contributed by atoms with van der Waals surface area (Å²) in [5.74, 6) is -0.0572. The molecule has 6 heteroatoms. The van der Waals surface area contributed by atoms with Crippen LogP contribution in [0.4, 0.5) is 11.4 Å². The van der Waals surface area contributed by atoms with Crippen LogP contribution < -0.4 is 16.0 Å². The maximum Gasteiger partial charge on any atom is 0.251 e. The van der Waals surface area contributed by atoms with Crippen LogP contribution in [-0.4, -0.2) is 17.7 Å². The van der Waals surface area contributed by atoms with Crippen LogP contribution in [0.2, 0.25) is 0 Å². The Morgan fingerprint density at radius 1 is 0.700 bits per heavy atom. The first kappa shape index (κ1) is 23.1. The van der Waals surface area contributed by atoms with Gasteiger partial charge in [-0.25, -0.2) is 0 Å². The standard InChI is InChI=1S/C24H31N3O3/c1-16(2)14-21(28)25-19-10-12-20(13-11-19)26-24(30)23(18-8-6-5-7-9-18)27-22(29)15-17(3)4/h5-13,16-17,23H,14-15H2,1-4H3,(H,25,28)(H,26,30)(H,27,29). The number of nitrogens with one attached hydrogen (secondary N) is 3. The number of hydrogen-bond acceptors (Lipinski definition) is 3. The van der Waals surface area contributed by atoms with Gasteiger partial charge in [0.25, 0.3) is 5.91 Å². The molecule has 1 atom stereocenters. The first-order valence-corrected chi connectivity index (χ1v) is 10.3. The van der Waals surface area contributed by atoms with Gasteiger partial charge in [0.05, 0.1) is 0 Å². The quantitative estimate of drug-likeness (QED) is 0.569. The van der Waals surface area contributed by atoms with E-state index >= 15 is 0 Å². The van der Waals surface area contributed by atoms with Crippen molar-refractivity contribution in [3.8, 4) is 0 Å². The van der Waals surface area contributed by atoms with Gasteiger partial charge in [0.15, 0.2) is 0 Å². The van der Waals surface area contributed by atoms with Crippen LogP contribution in [0.25, 0.3) is 0 Å². The number of hydrogen-bond donors (Lipinski definition) is 3. The van der Waals surface area contributed by atoms with E-state index in [4.69, 9.17) is 0 Å². The van der Waals surface area contributed by atoms with E-state index in [0.29, 0.717) is 29.8 Å². The smallest absolute Gasteiger partial charge is 0.251 e. The molecule has 0 aromatic heterocycles. The summed E-state index contributed by atoms with van der Waals surface area (Å²) in [6.07, 6.45) is 0.800. The van der Waals surface area contributed by atoms with Gasteiger partial charge in [-0.2, -0.15) is 0 Å². The summed E-state index contributed by atoms with van der Waals surface area (Å²) in [6, 6.07) is 15.3. The Hall–Kier alpha value is -3.15. The number of carbonyl (C=O) groups excluding carboxylic acids is 3. The van der Waals surface area contributed by atoms with Crippen molar-refractivity contribution >= 4 is 29.1 Å². The fourth-order valence-electron chi connectivity index (χ4n) is 2.97. The molecule has 1 unspecified atom stereocenters. The van der Waals surface area contributed by atoms with Crippen molar-refractivity contribution in [2.45, 2.75) is 46.6 Å². The zero-order chi connectivity index (χ0) is 22.1. The summed E-state index contributed by atoms with van der Waals surface area (Å²) in [6.45, 7) is 7.89. The van der Waals surface area contributed by atoms with E-state index in [1.807, 2.05) is 58.0 Å². The molecule has 0 aliphatic carbocycles. The average Bonchev–Trinajstić information content (AvgIpc) is 2.67. The number of anilines is 2. The SMILES string of the molecule is CC(C)CC(=O)Nc1ccc(NC(=O)C(NC(=O)CC(C)C)c2ccccc2)cc1. The summed E-state index contributed by atoms with van der Waals surface area (Å²) in [5, 5.41) is 8.52. The summed E-state index contributed by atoms with van der Waals surface area (Å²) in [7, 11) is 0. The average molecular weight is 410 g/mol. The Morgan fingerprint density at radius 3 is 1.73 bits per heavy atom. The normalized spacial score (nSPS) is 11.8. The number of rotatable bonds is 9. The largest absolute Gasteiger partial charge is 0.341 e. The lowest BCUT2D eigenvalue weighted by molar-refractivity contribution is -0.127. The molecule has 0 spiro atoms. The third kappa shape index (κ3) is 7.70. The molecule has 2 aromatic rings. The molecule has 2 rings (SSSR count). The maximum absolute atomic E-state index is 12.9. The van der Waals surface area contributed by atoms with Crippen LogP contribution >= 0.6 is 0 Å². The number of carbonyl (C=O) groups is 3. The van der Waals surface area contributed by atoms with Gasteiger partial charge in [0.1, 0.15) is 6.04 Å². The third-order valence-electron chi connectivity index (χ3n) is 4.32. The highest BCUT2D eigenvalue weighted by molar-refractivity contribution is 5.98. The highest BCUT2D eigenvalue weighted by atomic mass is 16.2. The predicted octanol–water partition coefficient (Wildman–Crippen LogP) is 4.51. The van der Waals surface area contributed by atoms with E-state index in [-0.39, 0.29) is 29.6 Å². The van der Waals surface area contributed by atoms with Crippen molar-refractivity contribution in [2.24, 2.45) is 11.8 Å². The Morgan fingerprint density at radius 2 is 1.20 bits per heavy atom. The molecule has 3 N–H and O–H groups in total. The second-order valence-electron chi connectivity index (χ2n) is 8.22. The fourth-order valence-corrected chi connectivity index (χ4v) is 2.97. The summed E-state index contributed by atoms with van der Waals surface area (Å²) in [4.78, 5) is 37.1. The van der Waals surface area contributed by atoms with Crippen LogP contribution in [0.15, 0.2) is 54.6 Å². The van der Waals surface area contributed by atoms with Crippen LogP contribution in [-0.2, 0) is 14.4 Å². The van der Waals surface area contributed by atoms with Crippen molar-refractivity contribution in [1.29, 1.82) is 0 Å². The molecule has 6 nitrogen and oxygen atoms in total. The molecule has 3 amide bonds. The minimum atomic E-state index is -0.789. The van der Waals surface area contributed by atoms with E-state index in [1.54, 1.807) is 24.3 Å². The molecular weight excluding hydrogens is 378 g/mol. The zero-order valence-corrected chi connectivity index (χ0v) is 18.1. The molecule has 30 heavy (non-hydrogen) atoms. The van der Waals surface area contributed by atoms with Crippen molar-refractivity contribution < 1.29 is 14.4 Å². The lowest BCUT2D eigenvalue weighted by Gasteiger charge is -2.20. The highest BCUT2D eigenvalue weighted by Crippen LogP contribution is 2.19. The molecule has 0 bridgehead atoms. The minimum absolute atomic E-state index is 0.0428. The molecule has 0 heterocycles. The molecular formula is C24H31N3O3. The first-order valence-electron chi connectivity index (χ1n) is 10.3. The lowest BCUT2D eigenvalue weighted by Crippen LogP contribution is -2.37. The Kier molecular flexibility index (Phi) is 8.59. The summed E-state index contributed by atoms with van der Waals surface area (Å²) in [5.41, 5.74) is 1.97. The van der Waals surface area contributed by atoms with Gasteiger partial charge in [-0.15, -0.1) is 0 Å². The van der Waals surface area contributed by atoms with Gasteiger partial charge < -0.3 is 16.0 Å². The number of amides is 3. The monoisotopic (exact) mass is 409 g/mol. The molecule has 0 radical (unpaired) electrons. The highest BCUT2D eigenvalue weighted by Gasteiger charge is 2.23. The summed E-state index contributed by atoms with van der Waals surface area (Å²) >= 11 is 0. The van der Waals surface area contributed by atoms with Gasteiger partial charge in [0, 0.05) is 24.2 Å². The number of benzene rings is 2. The van der Waals surface area contributed by atoms with Gasteiger partial charge in [0.2, 0.25) is 11.8 Å². The van der Waals surface area contributed by atoms with Gasteiger partial charge in [-0.3, -0.25) is 14.4 Å². The van der Waals surface area contributed by atoms with Crippen molar-refractivity contribution in [2.75, 3.05) is 10.6 Å². The minimum Gasteiger partial charge on any atom is -0.341 e. The van der Waals surface area contributed by atoms with Gasteiger partial charge in [-0.05, 0) is 41.7 Å². The zero-order valence-electron chi connectivity index (χ0n) is 18.1. The Balaban J connectivity index is 2.07. The van der Waals surface area contributed by atoms with Crippen LogP contribution in [0.3, 0.4) is 0 Å². The molecule has 0 aliphatic rings. The molecule has 0 saturated heterocycles. The molecule has 0 saturated carbocycles. The van der Waals surface area contributed by atoms with E-state index in [2.05, 4.69) is 16.0 Å². The van der Waals surface area contributed by atoms with Crippen molar-refractivity contribution in [3.63, 3.8) is 0 Å².